The maximum absolute atomic E-state index is 12.5. The van der Waals surface area contributed by atoms with Crippen molar-refractivity contribution in [3.63, 3.8) is 0 Å². The minimum Gasteiger partial charge on any atom is -0.489 e. The maximum Gasteiger partial charge on any atom is 0.255 e. The van der Waals surface area contributed by atoms with E-state index in [9.17, 15) is 9.90 Å². The molecule has 6 nitrogen and oxygen atoms in total. The summed E-state index contributed by atoms with van der Waals surface area (Å²) in [6, 6.07) is 24.6. The fourth-order valence-electron chi connectivity index (χ4n) is 4.02. The molecule has 0 saturated carbocycles. The highest BCUT2D eigenvalue weighted by atomic mass is 35.5. The van der Waals surface area contributed by atoms with Gasteiger partial charge in [0.15, 0.2) is 0 Å². The van der Waals surface area contributed by atoms with Crippen LogP contribution in [0.25, 0.3) is 0 Å². The minimum absolute atomic E-state index is 0.131. The molecule has 1 saturated heterocycles. The van der Waals surface area contributed by atoms with E-state index in [1.54, 1.807) is 24.3 Å². The van der Waals surface area contributed by atoms with Crippen LogP contribution in [0.15, 0.2) is 78.9 Å². The van der Waals surface area contributed by atoms with E-state index in [1.807, 2.05) is 42.5 Å². The van der Waals surface area contributed by atoms with E-state index in [4.69, 9.17) is 16.3 Å². The molecule has 1 aliphatic rings. The second-order valence-corrected chi connectivity index (χ2v) is 8.97. The van der Waals surface area contributed by atoms with E-state index in [2.05, 4.69) is 27.7 Å². The summed E-state index contributed by atoms with van der Waals surface area (Å²) in [5.41, 5.74) is 2.39. The van der Waals surface area contributed by atoms with Gasteiger partial charge in [-0.15, -0.1) is 0 Å². The van der Waals surface area contributed by atoms with Crippen LogP contribution >= 0.6 is 11.6 Å². The zero-order valence-electron chi connectivity index (χ0n) is 19.0. The fourth-order valence-corrected chi connectivity index (χ4v) is 4.14. The first-order chi connectivity index (χ1) is 16.6. The summed E-state index contributed by atoms with van der Waals surface area (Å²) in [4.78, 5) is 14.9. The second-order valence-electron chi connectivity index (χ2n) is 8.54. The predicted octanol–water partition coefficient (Wildman–Crippen LogP) is 4.20. The Balaban J connectivity index is 1.21. The molecule has 4 rings (SSSR count). The number of aliphatic hydroxyl groups is 1. The molecule has 1 unspecified atom stereocenters. The van der Waals surface area contributed by atoms with Gasteiger partial charge in [0.05, 0.1) is 5.69 Å². The Morgan fingerprint density at radius 2 is 1.79 bits per heavy atom. The molecule has 1 amide bonds. The van der Waals surface area contributed by atoms with Gasteiger partial charge in [-0.3, -0.25) is 9.69 Å². The highest BCUT2D eigenvalue weighted by molar-refractivity contribution is 6.30. The number of hydrogen-bond acceptors (Lipinski definition) is 5. The van der Waals surface area contributed by atoms with Crippen molar-refractivity contribution in [1.82, 2.24) is 10.2 Å². The Morgan fingerprint density at radius 3 is 2.59 bits per heavy atom. The van der Waals surface area contributed by atoms with Crippen molar-refractivity contribution in [1.29, 1.82) is 0 Å². The molecule has 0 spiro atoms. The van der Waals surface area contributed by atoms with Gasteiger partial charge < -0.3 is 20.5 Å². The number of nitrogens with one attached hydrogen (secondary N) is 2. The normalized spacial score (nSPS) is 16.8. The smallest absolute Gasteiger partial charge is 0.255 e. The lowest BCUT2D eigenvalue weighted by molar-refractivity contribution is 0.101. The SMILES string of the molecule is O=C(Nc1ccccc1OCC(O)CN[C@@H]1CCN(Cc2ccc(Cl)cc2)C1)c1ccccc1. The molecule has 2 atom stereocenters. The molecule has 0 bridgehead atoms. The summed E-state index contributed by atoms with van der Waals surface area (Å²) in [6.45, 7) is 3.42. The zero-order valence-corrected chi connectivity index (χ0v) is 19.7. The Kier molecular flexibility index (Phi) is 8.55. The van der Waals surface area contributed by atoms with Gasteiger partial charge in [0, 0.05) is 42.8 Å². The van der Waals surface area contributed by atoms with Crippen LogP contribution in [0.3, 0.4) is 0 Å². The van der Waals surface area contributed by atoms with Crippen molar-refractivity contribution in [2.24, 2.45) is 0 Å². The number of rotatable bonds is 10. The predicted molar refractivity (Wildman–Crippen MR) is 135 cm³/mol. The number of halogens is 1. The molecule has 1 heterocycles. The van der Waals surface area contributed by atoms with Crippen LogP contribution in [0.4, 0.5) is 5.69 Å². The maximum atomic E-state index is 12.5. The third-order valence-corrected chi connectivity index (χ3v) is 6.09. The number of benzene rings is 3. The van der Waals surface area contributed by atoms with E-state index >= 15 is 0 Å². The average Bonchev–Trinajstić information content (AvgIpc) is 3.31. The molecule has 3 aromatic carbocycles. The molecule has 0 aromatic heterocycles. The number of amides is 1. The number of para-hydroxylation sites is 2. The molecular weight excluding hydrogens is 450 g/mol. The summed E-state index contributed by atoms with van der Waals surface area (Å²) in [6.07, 6.45) is 0.374. The summed E-state index contributed by atoms with van der Waals surface area (Å²) >= 11 is 5.97. The van der Waals surface area contributed by atoms with Crippen molar-refractivity contribution in [3.8, 4) is 5.75 Å². The van der Waals surface area contributed by atoms with Gasteiger partial charge >= 0.3 is 0 Å². The quantitative estimate of drug-likeness (QED) is 0.406. The van der Waals surface area contributed by atoms with E-state index in [-0.39, 0.29) is 12.5 Å². The number of nitrogens with zero attached hydrogens (tertiary/aromatic N) is 1. The minimum atomic E-state index is -0.664. The number of aliphatic hydroxyl groups excluding tert-OH is 1. The Labute approximate surface area is 205 Å². The van der Waals surface area contributed by atoms with Crippen molar-refractivity contribution >= 4 is 23.2 Å². The molecule has 1 aliphatic heterocycles. The summed E-state index contributed by atoms with van der Waals surface area (Å²) < 4.78 is 5.83. The second kappa shape index (κ2) is 12.0. The highest BCUT2D eigenvalue weighted by Crippen LogP contribution is 2.24. The Morgan fingerprint density at radius 1 is 1.06 bits per heavy atom. The summed E-state index contributed by atoms with van der Waals surface area (Å²) in [5.74, 6) is 0.323. The van der Waals surface area contributed by atoms with E-state index in [1.165, 1.54) is 5.56 Å². The summed E-state index contributed by atoms with van der Waals surface area (Å²) in [5, 5.41) is 17.5. The van der Waals surface area contributed by atoms with Crippen molar-refractivity contribution < 1.29 is 14.6 Å². The van der Waals surface area contributed by atoms with Crippen LogP contribution in [0, 0.1) is 0 Å². The first-order valence-corrected chi connectivity index (χ1v) is 11.9. The van der Waals surface area contributed by atoms with Gasteiger partial charge in [0.2, 0.25) is 0 Å². The number of likely N-dealkylation sites (tertiary alicyclic amines) is 1. The Hall–Kier alpha value is -2.90. The van der Waals surface area contributed by atoms with Crippen LogP contribution in [-0.4, -0.2) is 54.3 Å². The van der Waals surface area contributed by atoms with E-state index in [0.29, 0.717) is 29.6 Å². The van der Waals surface area contributed by atoms with E-state index < -0.39 is 6.10 Å². The van der Waals surface area contributed by atoms with Gasteiger partial charge in [0.25, 0.3) is 5.91 Å². The molecule has 0 radical (unpaired) electrons. The lowest BCUT2D eigenvalue weighted by atomic mass is 10.2. The van der Waals surface area contributed by atoms with Crippen molar-refractivity contribution in [3.05, 3.63) is 95.0 Å². The zero-order chi connectivity index (χ0) is 23.8. The molecule has 3 aromatic rings. The fraction of sp³-hybridized carbons (Fsp3) is 0.296. The van der Waals surface area contributed by atoms with Gasteiger partial charge in [0.1, 0.15) is 18.5 Å². The van der Waals surface area contributed by atoms with Gasteiger partial charge in [-0.05, 0) is 48.4 Å². The molecule has 0 aliphatic carbocycles. The van der Waals surface area contributed by atoms with E-state index in [0.717, 1.165) is 31.1 Å². The van der Waals surface area contributed by atoms with Crippen LogP contribution in [0.1, 0.15) is 22.3 Å². The van der Waals surface area contributed by atoms with Gasteiger partial charge in [-0.2, -0.15) is 0 Å². The van der Waals surface area contributed by atoms with Gasteiger partial charge in [-0.25, -0.2) is 0 Å². The number of ether oxygens (including phenoxy) is 1. The monoisotopic (exact) mass is 479 g/mol. The largest absolute Gasteiger partial charge is 0.489 e. The molecule has 3 N–H and O–H groups in total. The topological polar surface area (TPSA) is 73.8 Å². The first kappa shape index (κ1) is 24.2. The Bertz CT molecular complexity index is 1060. The number of anilines is 1. The lowest BCUT2D eigenvalue weighted by Gasteiger charge is -2.19. The number of carbonyl (C=O) groups excluding carboxylic acids is 1. The van der Waals surface area contributed by atoms with Crippen LogP contribution < -0.4 is 15.4 Å². The lowest BCUT2D eigenvalue weighted by Crippen LogP contribution is -2.39. The average molecular weight is 480 g/mol. The van der Waals surface area contributed by atoms with Gasteiger partial charge in [-0.1, -0.05) is 54.1 Å². The first-order valence-electron chi connectivity index (χ1n) is 11.5. The third-order valence-electron chi connectivity index (χ3n) is 5.84. The van der Waals surface area contributed by atoms with Crippen LogP contribution in [0.2, 0.25) is 5.02 Å². The molecule has 1 fully saturated rings. The molecule has 7 heteroatoms. The third kappa shape index (κ3) is 7.05. The molecule has 178 valence electrons. The van der Waals surface area contributed by atoms with Crippen molar-refractivity contribution in [2.75, 3.05) is 31.6 Å². The number of hydrogen-bond donors (Lipinski definition) is 3. The van der Waals surface area contributed by atoms with Crippen LogP contribution in [0.5, 0.6) is 5.75 Å². The summed E-state index contributed by atoms with van der Waals surface area (Å²) in [7, 11) is 0. The highest BCUT2D eigenvalue weighted by Gasteiger charge is 2.23. The standard InChI is InChI=1S/C27H30ClN3O3/c28-22-12-10-20(11-13-22)17-31-15-14-23(18-31)29-16-24(32)19-34-26-9-5-4-8-25(26)30-27(33)21-6-2-1-3-7-21/h1-13,23-24,29,32H,14-19H2,(H,30,33)/t23-,24?/m1/s1. The molecule has 34 heavy (non-hydrogen) atoms. The van der Waals surface area contributed by atoms with Crippen molar-refractivity contribution in [2.45, 2.75) is 25.1 Å². The van der Waals surface area contributed by atoms with Crippen LogP contribution in [-0.2, 0) is 6.54 Å². The number of carbonyl (C=O) groups is 1. The molecular formula is C27H30ClN3O3.